The van der Waals surface area contributed by atoms with Crippen LogP contribution in [0.3, 0.4) is 0 Å². The first-order valence-electron chi connectivity index (χ1n) is 7.41. The molecule has 1 aromatic heterocycles. The molecule has 1 aromatic carbocycles. The third-order valence-electron chi connectivity index (χ3n) is 3.32. The van der Waals surface area contributed by atoms with Gasteiger partial charge in [0.1, 0.15) is 0 Å². The summed E-state index contributed by atoms with van der Waals surface area (Å²) in [6.07, 6.45) is 1.75. The van der Waals surface area contributed by atoms with Crippen molar-refractivity contribution in [2.75, 3.05) is 11.9 Å². The Morgan fingerprint density at radius 1 is 1.22 bits per heavy atom. The lowest BCUT2D eigenvalue weighted by Crippen LogP contribution is -2.46. The average Bonchev–Trinajstić information content (AvgIpc) is 3.01. The molecule has 2 rings (SSSR count). The number of hydrogen-bond donors (Lipinski definition) is 3. The van der Waals surface area contributed by atoms with Crippen molar-refractivity contribution in [3.63, 3.8) is 0 Å². The van der Waals surface area contributed by atoms with Gasteiger partial charge < -0.3 is 16.4 Å². The van der Waals surface area contributed by atoms with Gasteiger partial charge in [-0.3, -0.25) is 9.59 Å². The summed E-state index contributed by atoms with van der Waals surface area (Å²) >= 11 is 0. The second-order valence-corrected chi connectivity index (χ2v) is 5.52. The Kier molecular flexibility index (Phi) is 5.48. The zero-order valence-corrected chi connectivity index (χ0v) is 13.2. The number of rotatable bonds is 6. The summed E-state index contributed by atoms with van der Waals surface area (Å²) in [5.41, 5.74) is 6.60. The van der Waals surface area contributed by atoms with E-state index in [1.807, 2.05) is 44.2 Å². The number of para-hydroxylation sites is 1. The molecular formula is C16H21N5O2. The second kappa shape index (κ2) is 7.55. The van der Waals surface area contributed by atoms with Crippen LogP contribution in [0.4, 0.5) is 5.82 Å². The summed E-state index contributed by atoms with van der Waals surface area (Å²) in [7, 11) is 0. The van der Waals surface area contributed by atoms with Gasteiger partial charge in [0.25, 0.3) is 0 Å². The molecule has 122 valence electrons. The molecular weight excluding hydrogens is 294 g/mol. The van der Waals surface area contributed by atoms with Crippen molar-refractivity contribution >= 4 is 17.6 Å². The first-order valence-corrected chi connectivity index (χ1v) is 7.41. The fourth-order valence-corrected chi connectivity index (χ4v) is 1.89. The van der Waals surface area contributed by atoms with E-state index in [9.17, 15) is 9.59 Å². The molecule has 1 heterocycles. The number of carbonyl (C=O) groups is 2. The third-order valence-corrected chi connectivity index (χ3v) is 3.32. The van der Waals surface area contributed by atoms with E-state index in [4.69, 9.17) is 5.73 Å². The number of benzene rings is 1. The normalized spacial score (nSPS) is 12.0. The van der Waals surface area contributed by atoms with Crippen molar-refractivity contribution in [1.29, 1.82) is 0 Å². The molecule has 0 unspecified atom stereocenters. The lowest BCUT2D eigenvalue weighted by molar-refractivity contribution is -0.125. The fourth-order valence-electron chi connectivity index (χ4n) is 1.89. The molecule has 0 saturated heterocycles. The maximum Gasteiger partial charge on any atom is 0.244 e. The van der Waals surface area contributed by atoms with E-state index in [-0.39, 0.29) is 24.3 Å². The van der Waals surface area contributed by atoms with Gasteiger partial charge in [-0.25, -0.2) is 4.68 Å². The largest absolute Gasteiger partial charge is 0.346 e. The topological polar surface area (TPSA) is 102 Å². The highest BCUT2D eigenvalue weighted by Gasteiger charge is 2.17. The van der Waals surface area contributed by atoms with Crippen molar-refractivity contribution in [2.45, 2.75) is 19.9 Å². The standard InChI is InChI=1S/C16H21N5O2/c1-11(2)15(17)16(23)18-10-14(22)19-13-8-9-21(20-13)12-6-4-3-5-7-12/h3-9,11,15H,10,17H2,1-2H3,(H,18,23)(H,19,20,22)/t15-/m0/s1. The first-order chi connectivity index (χ1) is 11.0. The highest BCUT2D eigenvalue weighted by Crippen LogP contribution is 2.09. The van der Waals surface area contributed by atoms with Crippen LogP contribution in [0.5, 0.6) is 0 Å². The summed E-state index contributed by atoms with van der Waals surface area (Å²) in [5.74, 6) is -0.265. The van der Waals surface area contributed by atoms with Crippen molar-refractivity contribution in [1.82, 2.24) is 15.1 Å². The summed E-state index contributed by atoms with van der Waals surface area (Å²) in [6.45, 7) is 3.55. The average molecular weight is 315 g/mol. The van der Waals surface area contributed by atoms with Gasteiger partial charge in [-0.15, -0.1) is 0 Å². The lowest BCUT2D eigenvalue weighted by Gasteiger charge is -2.14. The minimum absolute atomic E-state index is 0.0135. The highest BCUT2D eigenvalue weighted by molar-refractivity contribution is 5.94. The quantitative estimate of drug-likeness (QED) is 0.737. The van der Waals surface area contributed by atoms with Crippen LogP contribution in [0.1, 0.15) is 13.8 Å². The number of nitrogens with two attached hydrogens (primary N) is 1. The zero-order valence-electron chi connectivity index (χ0n) is 13.2. The van der Waals surface area contributed by atoms with Crippen LogP contribution in [-0.2, 0) is 9.59 Å². The molecule has 0 bridgehead atoms. The Morgan fingerprint density at radius 2 is 1.91 bits per heavy atom. The monoisotopic (exact) mass is 315 g/mol. The Labute approximate surface area is 134 Å². The predicted octanol–water partition coefficient (Wildman–Crippen LogP) is 0.910. The van der Waals surface area contributed by atoms with Crippen molar-refractivity contribution < 1.29 is 9.59 Å². The molecule has 0 fully saturated rings. The Hall–Kier alpha value is -2.67. The Balaban J connectivity index is 1.87. The number of carbonyl (C=O) groups excluding carboxylic acids is 2. The summed E-state index contributed by atoms with van der Waals surface area (Å²) in [6, 6.07) is 10.6. The molecule has 0 aliphatic carbocycles. The number of anilines is 1. The third kappa shape index (κ3) is 4.65. The summed E-state index contributed by atoms with van der Waals surface area (Å²) in [5, 5.41) is 9.40. The van der Waals surface area contributed by atoms with E-state index in [0.29, 0.717) is 5.82 Å². The molecule has 7 heteroatoms. The molecule has 1 atom stereocenters. The van der Waals surface area contributed by atoms with Gasteiger partial charge in [0.2, 0.25) is 11.8 Å². The maximum atomic E-state index is 11.8. The van der Waals surface area contributed by atoms with E-state index in [2.05, 4.69) is 15.7 Å². The van der Waals surface area contributed by atoms with Gasteiger partial charge in [0.05, 0.1) is 18.3 Å². The van der Waals surface area contributed by atoms with Crippen LogP contribution in [0.25, 0.3) is 5.69 Å². The fraction of sp³-hybridized carbons (Fsp3) is 0.312. The van der Waals surface area contributed by atoms with Crippen LogP contribution in [0.2, 0.25) is 0 Å². The maximum absolute atomic E-state index is 11.8. The van der Waals surface area contributed by atoms with Crippen molar-refractivity contribution in [2.24, 2.45) is 11.7 Å². The molecule has 0 spiro atoms. The molecule has 0 aliphatic rings. The van der Waals surface area contributed by atoms with Crippen LogP contribution < -0.4 is 16.4 Å². The van der Waals surface area contributed by atoms with E-state index >= 15 is 0 Å². The number of nitrogens with zero attached hydrogens (tertiary/aromatic N) is 2. The Bertz CT molecular complexity index is 666. The van der Waals surface area contributed by atoms with Crippen LogP contribution in [0, 0.1) is 5.92 Å². The van der Waals surface area contributed by atoms with E-state index < -0.39 is 6.04 Å². The van der Waals surface area contributed by atoms with Crippen LogP contribution >= 0.6 is 0 Å². The molecule has 4 N–H and O–H groups in total. The number of aromatic nitrogens is 2. The van der Waals surface area contributed by atoms with Gasteiger partial charge in [-0.05, 0) is 18.1 Å². The van der Waals surface area contributed by atoms with Gasteiger partial charge in [-0.1, -0.05) is 32.0 Å². The SMILES string of the molecule is CC(C)[C@H](N)C(=O)NCC(=O)Nc1ccn(-c2ccccc2)n1. The number of amides is 2. The van der Waals surface area contributed by atoms with Crippen LogP contribution in [0.15, 0.2) is 42.6 Å². The molecule has 0 radical (unpaired) electrons. The molecule has 2 aromatic rings. The molecule has 7 nitrogen and oxygen atoms in total. The van der Waals surface area contributed by atoms with Crippen LogP contribution in [-0.4, -0.2) is 34.2 Å². The molecule has 23 heavy (non-hydrogen) atoms. The van der Waals surface area contributed by atoms with Gasteiger partial charge in [0.15, 0.2) is 5.82 Å². The molecule has 0 aliphatic heterocycles. The Morgan fingerprint density at radius 3 is 2.57 bits per heavy atom. The van der Waals surface area contributed by atoms with Crippen molar-refractivity contribution in [3.8, 4) is 5.69 Å². The molecule has 0 saturated carbocycles. The minimum Gasteiger partial charge on any atom is -0.346 e. The second-order valence-electron chi connectivity index (χ2n) is 5.52. The van der Waals surface area contributed by atoms with Crippen molar-refractivity contribution in [3.05, 3.63) is 42.6 Å². The number of nitrogens with one attached hydrogen (secondary N) is 2. The smallest absolute Gasteiger partial charge is 0.244 e. The highest BCUT2D eigenvalue weighted by atomic mass is 16.2. The lowest BCUT2D eigenvalue weighted by atomic mass is 10.1. The minimum atomic E-state index is -0.625. The van der Waals surface area contributed by atoms with E-state index in [1.165, 1.54) is 0 Å². The van der Waals surface area contributed by atoms with Gasteiger partial charge >= 0.3 is 0 Å². The van der Waals surface area contributed by atoms with E-state index in [1.54, 1.807) is 16.9 Å². The zero-order chi connectivity index (χ0) is 16.8. The summed E-state index contributed by atoms with van der Waals surface area (Å²) in [4.78, 5) is 23.5. The first kappa shape index (κ1) is 16.7. The summed E-state index contributed by atoms with van der Waals surface area (Å²) < 4.78 is 1.66. The van der Waals surface area contributed by atoms with Gasteiger partial charge in [-0.2, -0.15) is 5.10 Å². The predicted molar refractivity (Wildman–Crippen MR) is 88.0 cm³/mol. The van der Waals surface area contributed by atoms with Gasteiger partial charge in [0, 0.05) is 12.3 Å². The number of hydrogen-bond acceptors (Lipinski definition) is 4. The van der Waals surface area contributed by atoms with E-state index in [0.717, 1.165) is 5.69 Å². The molecule has 2 amide bonds.